The predicted molar refractivity (Wildman–Crippen MR) is 78.4 cm³/mol. The highest BCUT2D eigenvalue weighted by Gasteiger charge is 2.17. The maximum absolute atomic E-state index is 12.0. The minimum absolute atomic E-state index is 0.0156. The second-order valence-electron chi connectivity index (χ2n) is 5.20. The molecule has 2 amide bonds. The van der Waals surface area contributed by atoms with Crippen molar-refractivity contribution in [3.8, 4) is 0 Å². The van der Waals surface area contributed by atoms with E-state index in [1.54, 1.807) is 18.2 Å². The van der Waals surface area contributed by atoms with E-state index in [0.29, 0.717) is 11.3 Å². The van der Waals surface area contributed by atoms with Crippen molar-refractivity contribution in [3.63, 3.8) is 0 Å². The summed E-state index contributed by atoms with van der Waals surface area (Å²) in [7, 11) is 0. The minimum atomic E-state index is -0.262. The number of hydrogen-bond donors (Lipinski definition) is 2. The Morgan fingerprint density at radius 1 is 1.25 bits per heavy atom. The molecule has 1 aliphatic heterocycles. The lowest BCUT2D eigenvalue weighted by Gasteiger charge is -2.26. The molecule has 20 heavy (non-hydrogen) atoms. The standard InChI is InChI=1S/C15H21N3O2/c1-11-5-6-12(9-13(11)16)15(20)17-10-14(19)18-7-3-2-4-8-18/h5-6,9H,2-4,7-8,10,16H2,1H3,(H,17,20). The molecule has 0 bridgehead atoms. The third-order valence-corrected chi connectivity index (χ3v) is 3.65. The fourth-order valence-corrected chi connectivity index (χ4v) is 2.29. The first-order chi connectivity index (χ1) is 9.58. The molecule has 1 aromatic carbocycles. The van der Waals surface area contributed by atoms with E-state index in [0.717, 1.165) is 31.5 Å². The molecule has 1 heterocycles. The maximum atomic E-state index is 12.0. The van der Waals surface area contributed by atoms with Gasteiger partial charge in [-0.2, -0.15) is 0 Å². The Labute approximate surface area is 119 Å². The molecule has 0 radical (unpaired) electrons. The van der Waals surface area contributed by atoms with Crippen molar-refractivity contribution in [1.82, 2.24) is 10.2 Å². The fourth-order valence-electron chi connectivity index (χ4n) is 2.29. The molecule has 0 unspecified atom stereocenters. The number of nitrogens with zero attached hydrogens (tertiary/aromatic N) is 1. The van der Waals surface area contributed by atoms with Gasteiger partial charge in [-0.15, -0.1) is 0 Å². The van der Waals surface area contributed by atoms with Gasteiger partial charge >= 0.3 is 0 Å². The lowest BCUT2D eigenvalue weighted by atomic mass is 10.1. The van der Waals surface area contributed by atoms with E-state index in [9.17, 15) is 9.59 Å². The molecule has 108 valence electrons. The van der Waals surface area contributed by atoms with E-state index < -0.39 is 0 Å². The highest BCUT2D eigenvalue weighted by Crippen LogP contribution is 2.13. The van der Waals surface area contributed by atoms with Crippen LogP contribution in [0.5, 0.6) is 0 Å². The number of rotatable bonds is 3. The van der Waals surface area contributed by atoms with Crippen LogP contribution in [0.2, 0.25) is 0 Å². The van der Waals surface area contributed by atoms with Crippen LogP contribution in [0.1, 0.15) is 35.2 Å². The first-order valence-corrected chi connectivity index (χ1v) is 7.00. The number of benzene rings is 1. The summed E-state index contributed by atoms with van der Waals surface area (Å²) < 4.78 is 0. The number of anilines is 1. The van der Waals surface area contributed by atoms with Crippen LogP contribution in [0, 0.1) is 6.92 Å². The third-order valence-electron chi connectivity index (χ3n) is 3.65. The van der Waals surface area contributed by atoms with Crippen molar-refractivity contribution < 1.29 is 9.59 Å². The van der Waals surface area contributed by atoms with Crippen LogP contribution in [0.15, 0.2) is 18.2 Å². The zero-order valence-electron chi connectivity index (χ0n) is 11.8. The highest BCUT2D eigenvalue weighted by molar-refractivity contribution is 5.97. The molecule has 0 aliphatic carbocycles. The van der Waals surface area contributed by atoms with E-state index in [1.807, 2.05) is 11.8 Å². The smallest absolute Gasteiger partial charge is 0.251 e. The number of hydrogen-bond acceptors (Lipinski definition) is 3. The summed E-state index contributed by atoms with van der Waals surface area (Å²) in [5.74, 6) is -0.278. The molecule has 5 heteroatoms. The molecule has 3 N–H and O–H groups in total. The Balaban J connectivity index is 1.88. The second kappa shape index (κ2) is 6.41. The van der Waals surface area contributed by atoms with Crippen LogP contribution in [-0.4, -0.2) is 36.3 Å². The Hall–Kier alpha value is -2.04. The highest BCUT2D eigenvalue weighted by atomic mass is 16.2. The van der Waals surface area contributed by atoms with E-state index in [-0.39, 0.29) is 18.4 Å². The fraction of sp³-hybridized carbons (Fsp3) is 0.467. The number of carbonyl (C=O) groups is 2. The van der Waals surface area contributed by atoms with Crippen LogP contribution < -0.4 is 11.1 Å². The first kappa shape index (κ1) is 14.4. The van der Waals surface area contributed by atoms with Crippen LogP contribution in [0.25, 0.3) is 0 Å². The van der Waals surface area contributed by atoms with Gasteiger partial charge in [-0.25, -0.2) is 0 Å². The zero-order chi connectivity index (χ0) is 14.5. The summed E-state index contributed by atoms with van der Waals surface area (Å²) in [4.78, 5) is 25.7. The summed E-state index contributed by atoms with van der Waals surface area (Å²) in [6.07, 6.45) is 3.28. The van der Waals surface area contributed by atoms with Gasteiger partial charge in [0.05, 0.1) is 6.54 Å². The molecular formula is C15H21N3O2. The molecule has 0 spiro atoms. The van der Waals surface area contributed by atoms with Crippen LogP contribution in [-0.2, 0) is 4.79 Å². The van der Waals surface area contributed by atoms with Gasteiger partial charge in [0.2, 0.25) is 5.91 Å². The average molecular weight is 275 g/mol. The van der Waals surface area contributed by atoms with Gasteiger partial charge in [-0.05, 0) is 43.9 Å². The maximum Gasteiger partial charge on any atom is 0.251 e. The number of piperidine rings is 1. The largest absolute Gasteiger partial charge is 0.398 e. The summed E-state index contributed by atoms with van der Waals surface area (Å²) in [5, 5.41) is 2.66. The van der Waals surface area contributed by atoms with Gasteiger partial charge in [0.15, 0.2) is 0 Å². The van der Waals surface area contributed by atoms with Gasteiger partial charge in [0.1, 0.15) is 0 Å². The molecule has 1 saturated heterocycles. The lowest BCUT2D eigenvalue weighted by molar-refractivity contribution is -0.130. The van der Waals surface area contributed by atoms with E-state index >= 15 is 0 Å². The zero-order valence-corrected chi connectivity index (χ0v) is 11.8. The molecule has 2 rings (SSSR count). The topological polar surface area (TPSA) is 75.4 Å². The number of aryl methyl sites for hydroxylation is 1. The number of nitrogens with one attached hydrogen (secondary N) is 1. The van der Waals surface area contributed by atoms with Crippen molar-refractivity contribution in [3.05, 3.63) is 29.3 Å². The summed E-state index contributed by atoms with van der Waals surface area (Å²) >= 11 is 0. The molecule has 0 atom stereocenters. The van der Waals surface area contributed by atoms with Gasteiger partial charge in [-0.1, -0.05) is 6.07 Å². The molecule has 0 saturated carbocycles. The Kier molecular flexibility index (Phi) is 4.61. The van der Waals surface area contributed by atoms with Gasteiger partial charge in [0, 0.05) is 24.3 Å². The average Bonchev–Trinajstić information content (AvgIpc) is 2.48. The molecule has 1 fully saturated rings. The predicted octanol–water partition coefficient (Wildman–Crippen LogP) is 1.32. The van der Waals surface area contributed by atoms with Crippen LogP contribution in [0.3, 0.4) is 0 Å². The van der Waals surface area contributed by atoms with Crippen molar-refractivity contribution in [1.29, 1.82) is 0 Å². The molecule has 0 aromatic heterocycles. The van der Waals surface area contributed by atoms with Crippen molar-refractivity contribution in [2.24, 2.45) is 0 Å². The number of amides is 2. The minimum Gasteiger partial charge on any atom is -0.398 e. The Morgan fingerprint density at radius 2 is 1.95 bits per heavy atom. The van der Waals surface area contributed by atoms with E-state index in [2.05, 4.69) is 5.32 Å². The third kappa shape index (κ3) is 3.50. The molecular weight excluding hydrogens is 254 g/mol. The summed E-state index contributed by atoms with van der Waals surface area (Å²) in [6.45, 7) is 3.53. The molecule has 1 aromatic rings. The number of likely N-dealkylation sites (tertiary alicyclic amines) is 1. The second-order valence-corrected chi connectivity index (χ2v) is 5.20. The van der Waals surface area contributed by atoms with Crippen LogP contribution >= 0.6 is 0 Å². The number of nitrogens with two attached hydrogens (primary N) is 1. The lowest BCUT2D eigenvalue weighted by Crippen LogP contribution is -2.42. The van der Waals surface area contributed by atoms with Gasteiger partial charge in [-0.3, -0.25) is 9.59 Å². The monoisotopic (exact) mass is 275 g/mol. The molecule has 5 nitrogen and oxygen atoms in total. The summed E-state index contributed by atoms with van der Waals surface area (Å²) in [5.41, 5.74) is 7.78. The number of nitrogen functional groups attached to an aromatic ring is 1. The van der Waals surface area contributed by atoms with Crippen molar-refractivity contribution in [2.45, 2.75) is 26.2 Å². The van der Waals surface area contributed by atoms with Gasteiger partial charge < -0.3 is 16.0 Å². The van der Waals surface area contributed by atoms with E-state index in [1.165, 1.54) is 6.42 Å². The van der Waals surface area contributed by atoms with Crippen LogP contribution in [0.4, 0.5) is 5.69 Å². The SMILES string of the molecule is Cc1ccc(C(=O)NCC(=O)N2CCCCC2)cc1N. The quantitative estimate of drug-likeness (QED) is 0.817. The van der Waals surface area contributed by atoms with Crippen molar-refractivity contribution in [2.75, 3.05) is 25.4 Å². The number of carbonyl (C=O) groups excluding carboxylic acids is 2. The summed E-state index contributed by atoms with van der Waals surface area (Å²) in [6, 6.07) is 5.15. The van der Waals surface area contributed by atoms with Gasteiger partial charge in [0.25, 0.3) is 5.91 Å². The first-order valence-electron chi connectivity index (χ1n) is 7.00. The molecule has 1 aliphatic rings. The van der Waals surface area contributed by atoms with E-state index in [4.69, 9.17) is 5.73 Å². The normalized spacial score (nSPS) is 14.9. The Morgan fingerprint density at radius 3 is 2.60 bits per heavy atom. The Bertz CT molecular complexity index is 508. The van der Waals surface area contributed by atoms with Crippen molar-refractivity contribution >= 4 is 17.5 Å².